The van der Waals surface area contributed by atoms with Crippen molar-refractivity contribution in [1.29, 1.82) is 0 Å². The molecule has 0 saturated heterocycles. The van der Waals surface area contributed by atoms with Gasteiger partial charge >= 0.3 is 0 Å². The molecule has 84 valence electrons. The van der Waals surface area contributed by atoms with Crippen LogP contribution in [0.4, 0.5) is 5.82 Å². The lowest BCUT2D eigenvalue weighted by molar-refractivity contribution is 0.627. The summed E-state index contributed by atoms with van der Waals surface area (Å²) in [6.45, 7) is 10.5. The number of rotatable bonds is 2. The van der Waals surface area contributed by atoms with E-state index in [-0.39, 0.29) is 5.54 Å². The van der Waals surface area contributed by atoms with Gasteiger partial charge in [0.1, 0.15) is 16.2 Å². The van der Waals surface area contributed by atoms with Crippen LogP contribution in [0.2, 0.25) is 0 Å². The lowest BCUT2D eigenvalue weighted by atomic mass is 10.1. The molecule has 0 aliphatic carbocycles. The molecular weight excluding hydrogens is 254 g/mol. The Balaban J connectivity index is 2.99. The second-order valence-electron chi connectivity index (χ2n) is 4.96. The summed E-state index contributed by atoms with van der Waals surface area (Å²) < 4.78 is 0.827. The molecule has 0 aliphatic heterocycles. The van der Waals surface area contributed by atoms with Crippen LogP contribution in [0.3, 0.4) is 0 Å². The number of aromatic nitrogens is 2. The molecule has 0 atom stereocenters. The van der Waals surface area contributed by atoms with E-state index in [0.29, 0.717) is 5.92 Å². The zero-order chi connectivity index (χ0) is 11.6. The van der Waals surface area contributed by atoms with E-state index in [4.69, 9.17) is 0 Å². The molecule has 15 heavy (non-hydrogen) atoms. The Bertz CT molecular complexity index is 342. The molecule has 0 spiro atoms. The summed E-state index contributed by atoms with van der Waals surface area (Å²) in [6, 6.07) is 1.90. The monoisotopic (exact) mass is 271 g/mol. The molecule has 0 bridgehead atoms. The number of halogens is 1. The number of nitrogens with one attached hydrogen (secondary N) is 1. The summed E-state index contributed by atoms with van der Waals surface area (Å²) in [4.78, 5) is 8.80. The maximum absolute atomic E-state index is 4.47. The molecule has 4 heteroatoms. The molecule has 1 N–H and O–H groups in total. The minimum absolute atomic E-state index is 0.0159. The lowest BCUT2D eigenvalue weighted by Gasteiger charge is -2.21. The minimum Gasteiger partial charge on any atom is -0.365 e. The highest BCUT2D eigenvalue weighted by atomic mass is 79.9. The molecule has 1 heterocycles. The first kappa shape index (κ1) is 12.4. The molecule has 1 rings (SSSR count). The zero-order valence-corrected chi connectivity index (χ0v) is 11.5. The fourth-order valence-electron chi connectivity index (χ4n) is 1.14. The summed E-state index contributed by atoms with van der Waals surface area (Å²) in [5.74, 6) is 2.06. The van der Waals surface area contributed by atoms with Gasteiger partial charge in [-0.05, 0) is 36.7 Å². The van der Waals surface area contributed by atoms with Crippen molar-refractivity contribution in [3.8, 4) is 0 Å². The SMILES string of the molecule is CC(C)c1nc(Br)cc(NC(C)(C)C)n1. The Hall–Kier alpha value is -0.640. The number of nitrogens with zero attached hydrogens (tertiary/aromatic N) is 2. The predicted molar refractivity (Wildman–Crippen MR) is 67.2 cm³/mol. The van der Waals surface area contributed by atoms with Crippen LogP contribution in [0, 0.1) is 0 Å². The lowest BCUT2D eigenvalue weighted by Crippen LogP contribution is -2.27. The van der Waals surface area contributed by atoms with Crippen molar-refractivity contribution in [2.45, 2.75) is 46.1 Å². The van der Waals surface area contributed by atoms with Gasteiger partial charge in [-0.1, -0.05) is 13.8 Å². The second-order valence-corrected chi connectivity index (χ2v) is 5.78. The summed E-state index contributed by atoms with van der Waals surface area (Å²) in [5.41, 5.74) is 0.0159. The molecule has 0 unspecified atom stereocenters. The van der Waals surface area contributed by atoms with Crippen molar-refractivity contribution < 1.29 is 0 Å². The van der Waals surface area contributed by atoms with E-state index in [1.54, 1.807) is 0 Å². The van der Waals surface area contributed by atoms with Crippen LogP contribution >= 0.6 is 15.9 Å². The molecule has 1 aromatic rings. The van der Waals surface area contributed by atoms with Gasteiger partial charge in [0.15, 0.2) is 0 Å². The molecule has 0 aromatic carbocycles. The van der Waals surface area contributed by atoms with Crippen LogP contribution in [0.15, 0.2) is 10.7 Å². The van der Waals surface area contributed by atoms with Crippen molar-refractivity contribution in [2.75, 3.05) is 5.32 Å². The summed E-state index contributed by atoms with van der Waals surface area (Å²) in [6.07, 6.45) is 0. The van der Waals surface area contributed by atoms with Gasteiger partial charge in [-0.25, -0.2) is 9.97 Å². The van der Waals surface area contributed by atoms with Crippen molar-refractivity contribution in [2.24, 2.45) is 0 Å². The largest absolute Gasteiger partial charge is 0.365 e. The van der Waals surface area contributed by atoms with Crippen LogP contribution in [0.25, 0.3) is 0 Å². The van der Waals surface area contributed by atoms with Gasteiger partial charge in [0.05, 0.1) is 0 Å². The number of hydrogen-bond acceptors (Lipinski definition) is 3. The summed E-state index contributed by atoms with van der Waals surface area (Å²) in [7, 11) is 0. The Morgan fingerprint density at radius 2 is 1.87 bits per heavy atom. The first-order chi connectivity index (χ1) is 6.78. The fraction of sp³-hybridized carbons (Fsp3) is 0.636. The van der Waals surface area contributed by atoms with E-state index in [1.165, 1.54) is 0 Å². The maximum atomic E-state index is 4.47. The third-order valence-corrected chi connectivity index (χ3v) is 2.14. The van der Waals surface area contributed by atoms with E-state index in [2.05, 4.69) is 65.8 Å². The average molecular weight is 272 g/mol. The fourth-order valence-corrected chi connectivity index (χ4v) is 1.54. The van der Waals surface area contributed by atoms with Crippen molar-refractivity contribution in [3.63, 3.8) is 0 Å². The molecule has 0 saturated carbocycles. The van der Waals surface area contributed by atoms with Gasteiger partial charge in [-0.3, -0.25) is 0 Å². The minimum atomic E-state index is 0.0159. The topological polar surface area (TPSA) is 37.8 Å². The molecule has 0 fully saturated rings. The number of hydrogen-bond donors (Lipinski definition) is 1. The highest BCUT2D eigenvalue weighted by Gasteiger charge is 2.12. The maximum Gasteiger partial charge on any atom is 0.134 e. The van der Waals surface area contributed by atoms with Crippen LogP contribution < -0.4 is 5.32 Å². The zero-order valence-electron chi connectivity index (χ0n) is 9.93. The standard InChI is InChI=1S/C11H18BrN3/c1-7(2)10-13-8(12)6-9(14-10)15-11(3,4)5/h6-7H,1-5H3,(H,13,14,15). The van der Waals surface area contributed by atoms with E-state index in [1.807, 2.05) is 6.07 Å². The van der Waals surface area contributed by atoms with Gasteiger partial charge in [-0.2, -0.15) is 0 Å². The molecule has 1 aromatic heterocycles. The molecule has 0 amide bonds. The highest BCUT2D eigenvalue weighted by molar-refractivity contribution is 9.10. The van der Waals surface area contributed by atoms with Crippen LogP contribution in [0.1, 0.15) is 46.4 Å². The first-order valence-corrected chi connectivity index (χ1v) is 5.90. The van der Waals surface area contributed by atoms with Crippen LogP contribution in [0.5, 0.6) is 0 Å². The van der Waals surface area contributed by atoms with E-state index >= 15 is 0 Å². The van der Waals surface area contributed by atoms with Gasteiger partial charge < -0.3 is 5.32 Å². The van der Waals surface area contributed by atoms with Gasteiger partial charge in [-0.15, -0.1) is 0 Å². The third kappa shape index (κ3) is 4.16. The molecule has 3 nitrogen and oxygen atoms in total. The highest BCUT2D eigenvalue weighted by Crippen LogP contribution is 2.19. The van der Waals surface area contributed by atoms with Gasteiger partial charge in [0.2, 0.25) is 0 Å². The van der Waals surface area contributed by atoms with E-state index in [0.717, 1.165) is 16.2 Å². The summed E-state index contributed by atoms with van der Waals surface area (Å²) >= 11 is 3.40. The summed E-state index contributed by atoms with van der Waals surface area (Å²) in [5, 5.41) is 3.34. The van der Waals surface area contributed by atoms with Crippen molar-refractivity contribution >= 4 is 21.7 Å². The first-order valence-electron chi connectivity index (χ1n) is 5.10. The third-order valence-electron chi connectivity index (χ3n) is 1.73. The quantitative estimate of drug-likeness (QED) is 0.836. The average Bonchev–Trinajstić information content (AvgIpc) is 1.99. The van der Waals surface area contributed by atoms with E-state index in [9.17, 15) is 0 Å². The second kappa shape index (κ2) is 4.47. The molecular formula is C11H18BrN3. The normalized spacial score (nSPS) is 11.9. The van der Waals surface area contributed by atoms with Crippen LogP contribution in [-0.2, 0) is 0 Å². The smallest absolute Gasteiger partial charge is 0.134 e. The Morgan fingerprint density at radius 1 is 1.27 bits per heavy atom. The number of anilines is 1. The Morgan fingerprint density at radius 3 is 2.33 bits per heavy atom. The van der Waals surface area contributed by atoms with Crippen molar-refractivity contribution in [1.82, 2.24) is 9.97 Å². The van der Waals surface area contributed by atoms with Gasteiger partial charge in [0.25, 0.3) is 0 Å². The van der Waals surface area contributed by atoms with Gasteiger partial charge in [0, 0.05) is 17.5 Å². The Kier molecular flexibility index (Phi) is 3.71. The molecule has 0 radical (unpaired) electrons. The van der Waals surface area contributed by atoms with E-state index < -0.39 is 0 Å². The Labute approximate surface area is 99.8 Å². The molecule has 0 aliphatic rings. The van der Waals surface area contributed by atoms with Crippen LogP contribution in [-0.4, -0.2) is 15.5 Å². The predicted octanol–water partition coefficient (Wildman–Crippen LogP) is 3.57. The van der Waals surface area contributed by atoms with Crippen molar-refractivity contribution in [3.05, 3.63) is 16.5 Å².